The third-order valence-corrected chi connectivity index (χ3v) is 6.44. The van der Waals surface area contributed by atoms with Crippen LogP contribution in [-0.4, -0.2) is 37.6 Å². The van der Waals surface area contributed by atoms with Crippen LogP contribution in [0.15, 0.2) is 78.9 Å². The molecule has 7 heteroatoms. The summed E-state index contributed by atoms with van der Waals surface area (Å²) in [5.74, 6) is 0.425. The Kier molecular flexibility index (Phi) is 5.03. The van der Waals surface area contributed by atoms with Gasteiger partial charge in [0.05, 0.1) is 47.7 Å². The summed E-state index contributed by atoms with van der Waals surface area (Å²) in [5.41, 5.74) is 8.06. The lowest BCUT2D eigenvalue weighted by molar-refractivity contribution is 0.0600. The van der Waals surface area contributed by atoms with Gasteiger partial charge in [0.15, 0.2) is 0 Å². The van der Waals surface area contributed by atoms with E-state index in [2.05, 4.69) is 46.1 Å². The van der Waals surface area contributed by atoms with Crippen molar-refractivity contribution in [3.05, 3.63) is 95.8 Å². The second-order valence-corrected chi connectivity index (χ2v) is 8.42. The van der Waals surface area contributed by atoms with Gasteiger partial charge in [0.2, 0.25) is 0 Å². The van der Waals surface area contributed by atoms with Gasteiger partial charge in [-0.25, -0.2) is 14.5 Å². The van der Waals surface area contributed by atoms with Crippen LogP contribution >= 0.6 is 0 Å². The van der Waals surface area contributed by atoms with Gasteiger partial charge in [-0.15, -0.1) is 5.10 Å². The minimum atomic E-state index is -0.396. The number of aromatic nitrogens is 5. The maximum atomic E-state index is 12.3. The van der Waals surface area contributed by atoms with Crippen molar-refractivity contribution in [2.45, 2.75) is 19.9 Å². The largest absolute Gasteiger partial charge is 0.465 e. The van der Waals surface area contributed by atoms with E-state index in [9.17, 15) is 4.79 Å². The number of aryl methyl sites for hydroxylation is 1. The Morgan fingerprint density at radius 2 is 1.69 bits per heavy atom. The van der Waals surface area contributed by atoms with Crippen molar-refractivity contribution in [1.82, 2.24) is 24.5 Å². The van der Waals surface area contributed by atoms with Gasteiger partial charge in [0.1, 0.15) is 5.82 Å². The molecule has 0 bridgehead atoms. The molecule has 0 fully saturated rings. The Morgan fingerprint density at radius 3 is 2.37 bits per heavy atom. The van der Waals surface area contributed by atoms with E-state index in [-0.39, 0.29) is 0 Å². The second kappa shape index (κ2) is 8.36. The first kappa shape index (κ1) is 21.0. The summed E-state index contributed by atoms with van der Waals surface area (Å²) in [7, 11) is 1.38. The molecule has 1 aliphatic heterocycles. The fraction of sp³-hybridized carbons (Fsp3) is 0.143. The quantitative estimate of drug-likeness (QED) is 0.338. The van der Waals surface area contributed by atoms with Crippen LogP contribution < -0.4 is 0 Å². The molecule has 3 aromatic carbocycles. The van der Waals surface area contributed by atoms with Crippen molar-refractivity contribution >= 4 is 5.97 Å². The standard InChI is InChI=1S/C28H23N5O2/c1-3-22-24-17-32-26(19-12-8-5-9-13-19)25(18-10-6-4-7-11-18)29-27(32)21-15-14-20(28(34)35-2)16-23(21)33(24)31-30-22/h4-16H,3,17H2,1-2H3. The fourth-order valence-electron chi connectivity index (χ4n) is 4.75. The molecule has 0 spiro atoms. The fourth-order valence-corrected chi connectivity index (χ4v) is 4.75. The topological polar surface area (TPSA) is 74.8 Å². The van der Waals surface area contributed by atoms with Gasteiger partial charge in [-0.1, -0.05) is 72.8 Å². The average Bonchev–Trinajstić information content (AvgIpc) is 3.47. The van der Waals surface area contributed by atoms with Crippen LogP contribution in [0.2, 0.25) is 0 Å². The molecule has 0 N–H and O–H groups in total. The number of esters is 1. The number of carbonyl (C=O) groups is 1. The summed E-state index contributed by atoms with van der Waals surface area (Å²) < 4.78 is 9.06. The van der Waals surface area contributed by atoms with Crippen LogP contribution in [0.5, 0.6) is 0 Å². The summed E-state index contributed by atoms with van der Waals surface area (Å²) >= 11 is 0. The summed E-state index contributed by atoms with van der Waals surface area (Å²) in [6.07, 6.45) is 0.748. The molecule has 0 saturated heterocycles. The normalized spacial score (nSPS) is 11.8. The number of imidazole rings is 1. The van der Waals surface area contributed by atoms with Gasteiger partial charge in [-0.05, 0) is 24.6 Å². The third-order valence-electron chi connectivity index (χ3n) is 6.44. The number of rotatable bonds is 4. The van der Waals surface area contributed by atoms with E-state index in [4.69, 9.17) is 9.72 Å². The zero-order valence-electron chi connectivity index (χ0n) is 19.5. The van der Waals surface area contributed by atoms with E-state index >= 15 is 0 Å². The van der Waals surface area contributed by atoms with Crippen LogP contribution in [0.1, 0.15) is 28.7 Å². The molecule has 0 aliphatic carbocycles. The van der Waals surface area contributed by atoms with E-state index in [0.717, 1.165) is 57.4 Å². The Balaban J connectivity index is 1.70. The van der Waals surface area contributed by atoms with Gasteiger partial charge >= 0.3 is 5.97 Å². The molecule has 0 unspecified atom stereocenters. The summed E-state index contributed by atoms with van der Waals surface area (Å²) in [5, 5.41) is 8.93. The molecule has 172 valence electrons. The first-order valence-electron chi connectivity index (χ1n) is 11.6. The van der Waals surface area contributed by atoms with Gasteiger partial charge in [-0.3, -0.25) is 0 Å². The maximum Gasteiger partial charge on any atom is 0.337 e. The molecule has 35 heavy (non-hydrogen) atoms. The number of hydrogen-bond donors (Lipinski definition) is 0. The molecule has 1 aliphatic rings. The van der Waals surface area contributed by atoms with Crippen molar-refractivity contribution in [3.63, 3.8) is 0 Å². The molecule has 5 aromatic rings. The van der Waals surface area contributed by atoms with Gasteiger partial charge in [-0.2, -0.15) is 0 Å². The number of carbonyl (C=O) groups excluding carboxylic acids is 1. The minimum Gasteiger partial charge on any atom is -0.465 e. The van der Waals surface area contributed by atoms with Crippen molar-refractivity contribution in [2.24, 2.45) is 0 Å². The van der Waals surface area contributed by atoms with Crippen molar-refractivity contribution in [3.8, 4) is 39.6 Å². The van der Waals surface area contributed by atoms with Crippen molar-refractivity contribution in [2.75, 3.05) is 7.11 Å². The number of benzene rings is 3. The smallest absolute Gasteiger partial charge is 0.337 e. The van der Waals surface area contributed by atoms with E-state index in [1.165, 1.54) is 7.11 Å². The lowest BCUT2D eigenvalue weighted by Crippen LogP contribution is -2.08. The molecular weight excluding hydrogens is 438 g/mol. The zero-order chi connectivity index (χ0) is 23.9. The first-order chi connectivity index (χ1) is 17.2. The Bertz CT molecular complexity index is 1550. The average molecular weight is 462 g/mol. The van der Waals surface area contributed by atoms with Crippen LogP contribution in [0.25, 0.3) is 39.6 Å². The highest BCUT2D eigenvalue weighted by atomic mass is 16.5. The number of hydrogen-bond acceptors (Lipinski definition) is 5. The Hall–Kier alpha value is -4.52. The number of nitrogens with zero attached hydrogens (tertiary/aromatic N) is 5. The monoisotopic (exact) mass is 461 g/mol. The molecule has 7 nitrogen and oxygen atoms in total. The van der Waals surface area contributed by atoms with E-state index in [1.807, 2.05) is 53.2 Å². The Morgan fingerprint density at radius 1 is 0.971 bits per heavy atom. The lowest BCUT2D eigenvalue weighted by atomic mass is 10.0. The van der Waals surface area contributed by atoms with Gasteiger partial charge < -0.3 is 9.30 Å². The van der Waals surface area contributed by atoms with Crippen LogP contribution in [-0.2, 0) is 17.7 Å². The second-order valence-electron chi connectivity index (χ2n) is 8.42. The highest BCUT2D eigenvalue weighted by molar-refractivity contribution is 5.92. The van der Waals surface area contributed by atoms with Crippen molar-refractivity contribution < 1.29 is 9.53 Å². The molecule has 2 aromatic heterocycles. The predicted molar refractivity (Wildman–Crippen MR) is 133 cm³/mol. The van der Waals surface area contributed by atoms with Crippen LogP contribution in [0.3, 0.4) is 0 Å². The first-order valence-corrected chi connectivity index (χ1v) is 11.6. The van der Waals surface area contributed by atoms with Crippen LogP contribution in [0.4, 0.5) is 0 Å². The molecule has 0 atom stereocenters. The molecule has 3 heterocycles. The Labute approximate surface area is 202 Å². The third kappa shape index (κ3) is 3.35. The SMILES string of the molecule is CCc1nnn2c1Cn1c(nc(-c3ccccc3)c1-c1ccccc1)-c1ccc(C(=O)OC)cc1-2. The van der Waals surface area contributed by atoms with E-state index in [1.54, 1.807) is 6.07 Å². The minimum absolute atomic E-state index is 0.396. The predicted octanol–water partition coefficient (Wildman–Crippen LogP) is 5.18. The number of methoxy groups -OCH3 is 1. The number of ether oxygens (including phenoxy) is 1. The van der Waals surface area contributed by atoms with Gasteiger partial charge in [0, 0.05) is 16.7 Å². The van der Waals surface area contributed by atoms with E-state index < -0.39 is 5.97 Å². The summed E-state index contributed by atoms with van der Waals surface area (Å²) in [6, 6.07) is 26.1. The molecule has 6 rings (SSSR count). The zero-order valence-corrected chi connectivity index (χ0v) is 19.5. The van der Waals surface area contributed by atoms with Crippen LogP contribution in [0, 0.1) is 0 Å². The molecule has 0 radical (unpaired) electrons. The summed E-state index contributed by atoms with van der Waals surface area (Å²) in [6.45, 7) is 2.63. The number of fused-ring (bicyclic) bond motifs is 5. The lowest BCUT2D eigenvalue weighted by Gasteiger charge is -2.12. The molecular formula is C28H23N5O2. The highest BCUT2D eigenvalue weighted by Crippen LogP contribution is 2.40. The highest BCUT2D eigenvalue weighted by Gasteiger charge is 2.29. The van der Waals surface area contributed by atoms with E-state index in [0.29, 0.717) is 12.1 Å². The van der Waals surface area contributed by atoms with Crippen molar-refractivity contribution in [1.29, 1.82) is 0 Å². The maximum absolute atomic E-state index is 12.3. The molecule has 0 saturated carbocycles. The summed E-state index contributed by atoms with van der Waals surface area (Å²) in [4.78, 5) is 17.5. The van der Waals surface area contributed by atoms with Gasteiger partial charge in [0.25, 0.3) is 0 Å². The molecule has 0 amide bonds.